The fraction of sp³-hybridized carbons (Fsp3) is 1.00. The van der Waals surface area contributed by atoms with Crippen molar-refractivity contribution >= 4 is 0 Å². The highest BCUT2D eigenvalue weighted by Gasteiger charge is 2.28. The summed E-state index contributed by atoms with van der Waals surface area (Å²) in [5, 5.41) is 18.0. The summed E-state index contributed by atoms with van der Waals surface area (Å²) < 4.78 is 5.27. The first-order valence-corrected chi connectivity index (χ1v) is 3.92. The highest BCUT2D eigenvalue weighted by molar-refractivity contribution is 4.78. The van der Waals surface area contributed by atoms with Gasteiger partial charge in [-0.1, -0.05) is 0 Å². The van der Waals surface area contributed by atoms with Gasteiger partial charge in [-0.2, -0.15) is 0 Å². The van der Waals surface area contributed by atoms with E-state index in [1.54, 1.807) is 0 Å². The highest BCUT2D eigenvalue weighted by atomic mass is 16.5. The second-order valence-electron chi connectivity index (χ2n) is 2.86. The van der Waals surface area contributed by atoms with E-state index in [2.05, 4.69) is 0 Å². The molecular weight excluding hydrogens is 146 g/mol. The summed E-state index contributed by atoms with van der Waals surface area (Å²) in [6, 6.07) is 0. The van der Waals surface area contributed by atoms with E-state index in [4.69, 9.17) is 15.6 Å². The molecule has 1 fully saturated rings. The van der Waals surface area contributed by atoms with Crippen molar-refractivity contribution in [3.8, 4) is 0 Å². The number of hydrogen-bond donors (Lipinski definition) is 3. The van der Waals surface area contributed by atoms with E-state index in [1.165, 1.54) is 0 Å². The van der Waals surface area contributed by atoms with Crippen LogP contribution in [0.15, 0.2) is 0 Å². The van der Waals surface area contributed by atoms with Crippen LogP contribution in [0.3, 0.4) is 0 Å². The topological polar surface area (TPSA) is 75.7 Å². The number of hydrogen-bond acceptors (Lipinski definition) is 4. The Hall–Kier alpha value is -0.160. The molecule has 0 radical (unpaired) electrons. The molecule has 1 heterocycles. The molecule has 1 rings (SSSR count). The van der Waals surface area contributed by atoms with Gasteiger partial charge in [0.1, 0.15) is 6.10 Å². The molecule has 3 unspecified atom stereocenters. The van der Waals surface area contributed by atoms with E-state index < -0.39 is 12.2 Å². The van der Waals surface area contributed by atoms with Crippen LogP contribution in [0.2, 0.25) is 0 Å². The number of rotatable bonds is 2. The van der Waals surface area contributed by atoms with E-state index in [1.807, 2.05) is 0 Å². The van der Waals surface area contributed by atoms with Crippen LogP contribution in [0.4, 0.5) is 0 Å². The van der Waals surface area contributed by atoms with Crippen molar-refractivity contribution in [1.82, 2.24) is 0 Å². The van der Waals surface area contributed by atoms with Gasteiger partial charge in [-0.25, -0.2) is 0 Å². The SMILES string of the molecule is NCC1CCC(O)C(CO)O1. The molecule has 0 spiro atoms. The van der Waals surface area contributed by atoms with Crippen molar-refractivity contribution in [2.24, 2.45) is 5.73 Å². The molecule has 4 N–H and O–H groups in total. The second-order valence-corrected chi connectivity index (χ2v) is 2.86. The molecule has 0 aromatic heterocycles. The Bertz CT molecular complexity index is 120. The highest BCUT2D eigenvalue weighted by Crippen LogP contribution is 2.18. The van der Waals surface area contributed by atoms with Gasteiger partial charge in [0, 0.05) is 6.54 Å². The first-order valence-electron chi connectivity index (χ1n) is 3.92. The van der Waals surface area contributed by atoms with E-state index in [0.717, 1.165) is 6.42 Å². The first-order chi connectivity index (χ1) is 5.27. The predicted octanol–water partition coefficient (Wildman–Crippen LogP) is -1.15. The molecule has 66 valence electrons. The molecule has 0 aromatic rings. The standard InChI is InChI=1S/C7H15NO3/c8-3-5-1-2-6(10)7(4-9)11-5/h5-7,9-10H,1-4,8H2. The van der Waals surface area contributed by atoms with E-state index in [0.29, 0.717) is 13.0 Å². The minimum atomic E-state index is -0.525. The van der Waals surface area contributed by atoms with Crippen LogP contribution < -0.4 is 5.73 Å². The van der Waals surface area contributed by atoms with Gasteiger partial charge in [0.2, 0.25) is 0 Å². The Morgan fingerprint density at radius 1 is 1.45 bits per heavy atom. The number of ether oxygens (including phenoxy) is 1. The normalized spacial score (nSPS) is 39.0. The summed E-state index contributed by atoms with van der Waals surface area (Å²) in [6.45, 7) is 0.334. The largest absolute Gasteiger partial charge is 0.394 e. The Kier molecular flexibility index (Phi) is 3.26. The lowest BCUT2D eigenvalue weighted by molar-refractivity contribution is -0.130. The first kappa shape index (κ1) is 8.93. The molecule has 0 amide bonds. The molecule has 4 heteroatoms. The fourth-order valence-electron chi connectivity index (χ4n) is 1.29. The Labute approximate surface area is 66.0 Å². The molecule has 3 atom stereocenters. The van der Waals surface area contributed by atoms with E-state index in [9.17, 15) is 5.11 Å². The lowest BCUT2D eigenvalue weighted by atomic mass is 10.0. The maximum atomic E-state index is 9.26. The molecule has 4 nitrogen and oxygen atoms in total. The number of aliphatic hydroxyl groups is 2. The third-order valence-electron chi connectivity index (χ3n) is 2.02. The summed E-state index contributed by atoms with van der Waals surface area (Å²) in [5.41, 5.74) is 5.38. The number of aliphatic hydroxyl groups excluding tert-OH is 2. The zero-order chi connectivity index (χ0) is 8.27. The molecule has 1 aliphatic heterocycles. The summed E-state index contributed by atoms with van der Waals surface area (Å²) in [5.74, 6) is 0. The van der Waals surface area contributed by atoms with Crippen LogP contribution in [0, 0.1) is 0 Å². The molecule has 0 bridgehead atoms. The molecule has 0 aromatic carbocycles. The van der Waals surface area contributed by atoms with Gasteiger partial charge in [0.15, 0.2) is 0 Å². The van der Waals surface area contributed by atoms with Gasteiger partial charge in [-0.15, -0.1) is 0 Å². The van der Waals surface area contributed by atoms with Crippen molar-refractivity contribution in [2.75, 3.05) is 13.2 Å². The van der Waals surface area contributed by atoms with Gasteiger partial charge in [0.25, 0.3) is 0 Å². The average Bonchev–Trinajstić information content (AvgIpc) is 2.05. The predicted molar refractivity (Wildman–Crippen MR) is 40.0 cm³/mol. The van der Waals surface area contributed by atoms with Crippen molar-refractivity contribution in [3.63, 3.8) is 0 Å². The summed E-state index contributed by atoms with van der Waals surface area (Å²) >= 11 is 0. The quantitative estimate of drug-likeness (QED) is 0.478. The van der Waals surface area contributed by atoms with E-state index in [-0.39, 0.29) is 12.7 Å². The van der Waals surface area contributed by atoms with Crippen molar-refractivity contribution in [3.05, 3.63) is 0 Å². The van der Waals surface area contributed by atoms with Gasteiger partial charge >= 0.3 is 0 Å². The minimum Gasteiger partial charge on any atom is -0.394 e. The second kappa shape index (κ2) is 4.01. The average molecular weight is 161 g/mol. The third-order valence-corrected chi connectivity index (χ3v) is 2.02. The molecule has 0 aliphatic carbocycles. The maximum Gasteiger partial charge on any atom is 0.107 e. The summed E-state index contributed by atoms with van der Waals surface area (Å²) in [4.78, 5) is 0. The summed E-state index contributed by atoms with van der Waals surface area (Å²) in [7, 11) is 0. The van der Waals surface area contributed by atoms with Crippen LogP contribution in [0.1, 0.15) is 12.8 Å². The Balaban J connectivity index is 2.37. The lowest BCUT2D eigenvalue weighted by Gasteiger charge is -2.32. The van der Waals surface area contributed by atoms with Crippen molar-refractivity contribution < 1.29 is 14.9 Å². The minimum absolute atomic E-state index is 0.00977. The monoisotopic (exact) mass is 161 g/mol. The van der Waals surface area contributed by atoms with Gasteiger partial charge in [-0.05, 0) is 12.8 Å². The molecule has 0 saturated carbocycles. The smallest absolute Gasteiger partial charge is 0.107 e. The molecule has 1 aliphatic rings. The fourth-order valence-corrected chi connectivity index (χ4v) is 1.29. The van der Waals surface area contributed by atoms with Crippen molar-refractivity contribution in [2.45, 2.75) is 31.2 Å². The Morgan fingerprint density at radius 3 is 2.73 bits per heavy atom. The molecule has 1 saturated heterocycles. The van der Waals surface area contributed by atoms with Crippen LogP contribution in [0.5, 0.6) is 0 Å². The third kappa shape index (κ3) is 2.13. The summed E-state index contributed by atoms with van der Waals surface area (Å²) in [6.07, 6.45) is 0.511. The van der Waals surface area contributed by atoms with Crippen LogP contribution in [0.25, 0.3) is 0 Å². The molecule has 11 heavy (non-hydrogen) atoms. The zero-order valence-electron chi connectivity index (χ0n) is 6.44. The van der Waals surface area contributed by atoms with Crippen LogP contribution in [-0.2, 0) is 4.74 Å². The Morgan fingerprint density at radius 2 is 2.18 bits per heavy atom. The van der Waals surface area contributed by atoms with Crippen LogP contribution in [-0.4, -0.2) is 41.7 Å². The van der Waals surface area contributed by atoms with Gasteiger partial charge in [0.05, 0.1) is 18.8 Å². The lowest BCUT2D eigenvalue weighted by Crippen LogP contribution is -2.43. The maximum absolute atomic E-state index is 9.26. The van der Waals surface area contributed by atoms with Gasteiger partial charge in [-0.3, -0.25) is 0 Å². The number of nitrogens with two attached hydrogens (primary N) is 1. The van der Waals surface area contributed by atoms with Crippen molar-refractivity contribution in [1.29, 1.82) is 0 Å². The van der Waals surface area contributed by atoms with Crippen LogP contribution >= 0.6 is 0 Å². The zero-order valence-corrected chi connectivity index (χ0v) is 6.44. The molecular formula is C7H15NO3. The van der Waals surface area contributed by atoms with Gasteiger partial charge < -0.3 is 20.7 Å². The van der Waals surface area contributed by atoms with E-state index >= 15 is 0 Å².